The summed E-state index contributed by atoms with van der Waals surface area (Å²) in [6.07, 6.45) is 5.25. The molecule has 3 rings (SSSR count). The van der Waals surface area contributed by atoms with Crippen molar-refractivity contribution in [3.63, 3.8) is 0 Å². The van der Waals surface area contributed by atoms with E-state index in [4.69, 9.17) is 11.6 Å². The lowest BCUT2D eigenvalue weighted by atomic mass is 10.1. The highest BCUT2D eigenvalue weighted by Gasteiger charge is 2.14. The Kier molecular flexibility index (Phi) is 4.74. The third-order valence-corrected chi connectivity index (χ3v) is 3.75. The summed E-state index contributed by atoms with van der Waals surface area (Å²) in [5.41, 5.74) is 2.47. The molecule has 1 aromatic heterocycles. The van der Waals surface area contributed by atoms with E-state index < -0.39 is 0 Å². The first-order valence-corrected chi connectivity index (χ1v) is 7.66. The van der Waals surface area contributed by atoms with Gasteiger partial charge in [0, 0.05) is 28.5 Å². The fourth-order valence-electron chi connectivity index (χ4n) is 2.39. The molecule has 0 fully saturated rings. The average molecular weight is 326 g/mol. The molecule has 0 saturated carbocycles. The Bertz CT molecular complexity index is 798. The van der Waals surface area contributed by atoms with Gasteiger partial charge in [-0.3, -0.25) is 0 Å². The number of hydroxylamine groups is 1. The van der Waals surface area contributed by atoms with Crippen LogP contribution >= 0.6 is 11.6 Å². The summed E-state index contributed by atoms with van der Waals surface area (Å²) in [6.45, 7) is 0.716. The van der Waals surface area contributed by atoms with E-state index >= 15 is 0 Å². The lowest BCUT2D eigenvalue weighted by Crippen LogP contribution is -2.22. The van der Waals surface area contributed by atoms with E-state index in [1.807, 2.05) is 59.3 Å². The smallest absolute Gasteiger partial charge is 0.214 e. The summed E-state index contributed by atoms with van der Waals surface area (Å²) < 4.78 is 2.90. The van der Waals surface area contributed by atoms with Gasteiger partial charge >= 0.3 is 0 Å². The van der Waals surface area contributed by atoms with Crippen LogP contribution in [0.15, 0.2) is 73.3 Å². The number of rotatable bonds is 5. The van der Waals surface area contributed by atoms with Crippen LogP contribution in [0.25, 0.3) is 0 Å². The molecule has 23 heavy (non-hydrogen) atoms. The van der Waals surface area contributed by atoms with Gasteiger partial charge in [0.1, 0.15) is 6.54 Å². The monoisotopic (exact) mass is 325 g/mol. The summed E-state index contributed by atoms with van der Waals surface area (Å²) in [6, 6.07) is 17.0. The van der Waals surface area contributed by atoms with Crippen molar-refractivity contribution in [2.75, 3.05) is 0 Å². The quantitative estimate of drug-likeness (QED) is 0.310. The number of benzene rings is 2. The Labute approximate surface area is 139 Å². The zero-order valence-corrected chi connectivity index (χ0v) is 13.2. The molecule has 2 aromatic carbocycles. The fraction of sp³-hybridized carbons (Fsp3) is 0.111. The van der Waals surface area contributed by atoms with E-state index in [9.17, 15) is 5.21 Å². The van der Waals surface area contributed by atoms with E-state index in [0.29, 0.717) is 17.3 Å². The van der Waals surface area contributed by atoms with Crippen molar-refractivity contribution in [2.24, 2.45) is 0 Å². The first-order chi connectivity index (χ1) is 11.2. The first kappa shape index (κ1) is 15.3. The van der Waals surface area contributed by atoms with Crippen molar-refractivity contribution in [1.82, 2.24) is 9.55 Å². The third-order valence-electron chi connectivity index (χ3n) is 3.51. The van der Waals surface area contributed by atoms with Crippen LogP contribution in [0, 0.1) is 5.21 Å². The second-order valence-electron chi connectivity index (χ2n) is 5.21. The maximum Gasteiger partial charge on any atom is 0.214 e. The van der Waals surface area contributed by atoms with Crippen LogP contribution in [0.4, 0.5) is 0 Å². The molecule has 0 unspecified atom stereocenters. The molecule has 0 radical (unpaired) electrons. The van der Waals surface area contributed by atoms with Gasteiger partial charge in [0.2, 0.25) is 5.71 Å². The Morgan fingerprint density at radius 2 is 1.96 bits per heavy atom. The molecule has 116 valence electrons. The van der Waals surface area contributed by atoms with Crippen molar-refractivity contribution in [2.45, 2.75) is 13.1 Å². The summed E-state index contributed by atoms with van der Waals surface area (Å²) >= 11 is 6.00. The number of imidazole rings is 1. The van der Waals surface area contributed by atoms with Crippen LogP contribution in [0.3, 0.4) is 0 Å². The number of nitrogens with zero attached hydrogens (tertiary/aromatic N) is 3. The third kappa shape index (κ3) is 3.99. The van der Waals surface area contributed by atoms with Gasteiger partial charge < -0.3 is 9.77 Å². The second kappa shape index (κ2) is 7.11. The molecule has 0 saturated heterocycles. The van der Waals surface area contributed by atoms with Crippen molar-refractivity contribution >= 4 is 17.3 Å². The highest BCUT2D eigenvalue weighted by molar-refractivity contribution is 6.30. The second-order valence-corrected chi connectivity index (χ2v) is 5.65. The van der Waals surface area contributed by atoms with Gasteiger partial charge in [-0.1, -0.05) is 41.9 Å². The molecule has 0 atom stereocenters. The van der Waals surface area contributed by atoms with Gasteiger partial charge in [0.05, 0.1) is 6.33 Å². The van der Waals surface area contributed by atoms with Crippen LogP contribution in [-0.4, -0.2) is 20.0 Å². The van der Waals surface area contributed by atoms with E-state index in [-0.39, 0.29) is 6.54 Å². The molecule has 0 spiro atoms. The van der Waals surface area contributed by atoms with Gasteiger partial charge in [-0.2, -0.15) is 0 Å². The molecular weight excluding hydrogens is 310 g/mol. The summed E-state index contributed by atoms with van der Waals surface area (Å²) in [5.74, 6) is 0. The Morgan fingerprint density at radius 3 is 2.65 bits per heavy atom. The highest BCUT2D eigenvalue weighted by atomic mass is 35.5. The predicted octanol–water partition coefficient (Wildman–Crippen LogP) is 3.74. The molecule has 0 bridgehead atoms. The molecule has 0 aliphatic heterocycles. The van der Waals surface area contributed by atoms with E-state index in [1.165, 1.54) is 0 Å². The minimum Gasteiger partial charge on any atom is -0.623 e. The zero-order chi connectivity index (χ0) is 16.1. The Balaban J connectivity index is 1.95. The lowest BCUT2D eigenvalue weighted by molar-refractivity contribution is -0.475. The summed E-state index contributed by atoms with van der Waals surface area (Å²) in [7, 11) is 0. The molecule has 0 aliphatic carbocycles. The lowest BCUT2D eigenvalue weighted by Gasteiger charge is -2.12. The molecule has 0 N–H and O–H groups in total. The Morgan fingerprint density at radius 1 is 1.13 bits per heavy atom. The van der Waals surface area contributed by atoms with Crippen molar-refractivity contribution in [3.8, 4) is 0 Å². The van der Waals surface area contributed by atoms with Crippen LogP contribution in [0.2, 0.25) is 5.02 Å². The van der Waals surface area contributed by atoms with Crippen molar-refractivity contribution < 1.29 is 4.74 Å². The van der Waals surface area contributed by atoms with E-state index in [0.717, 1.165) is 15.9 Å². The molecule has 3 aromatic rings. The SMILES string of the molecule is [O-][N+](Cc1cccc(Cl)c1)=C(Cn1ccnc1)c1ccccc1. The largest absolute Gasteiger partial charge is 0.623 e. The molecular formula is C18H16ClN3O. The maximum absolute atomic E-state index is 12.8. The topological polar surface area (TPSA) is 43.9 Å². The van der Waals surface area contributed by atoms with Crippen LogP contribution < -0.4 is 0 Å². The summed E-state index contributed by atoms with van der Waals surface area (Å²) in [5, 5.41) is 13.4. The fourth-order valence-corrected chi connectivity index (χ4v) is 2.61. The molecule has 5 heteroatoms. The van der Waals surface area contributed by atoms with Crippen molar-refractivity contribution in [1.29, 1.82) is 0 Å². The average Bonchev–Trinajstić information content (AvgIpc) is 3.06. The molecule has 0 aliphatic rings. The zero-order valence-electron chi connectivity index (χ0n) is 12.5. The number of halogens is 1. The van der Waals surface area contributed by atoms with E-state index in [2.05, 4.69) is 4.98 Å². The van der Waals surface area contributed by atoms with Gasteiger partial charge in [-0.25, -0.2) is 9.72 Å². The normalized spacial score (nSPS) is 12.0. The maximum atomic E-state index is 12.8. The van der Waals surface area contributed by atoms with Gasteiger partial charge in [0.15, 0.2) is 6.54 Å². The van der Waals surface area contributed by atoms with Crippen molar-refractivity contribution in [3.05, 3.63) is 94.7 Å². The molecule has 4 nitrogen and oxygen atoms in total. The predicted molar refractivity (Wildman–Crippen MR) is 91.6 cm³/mol. The van der Waals surface area contributed by atoms with Gasteiger partial charge in [-0.15, -0.1) is 0 Å². The first-order valence-electron chi connectivity index (χ1n) is 7.28. The molecule has 1 heterocycles. The minimum atomic E-state index is 0.249. The Hall–Kier alpha value is -2.59. The number of hydrogen-bond donors (Lipinski definition) is 0. The van der Waals surface area contributed by atoms with Crippen LogP contribution in [0.1, 0.15) is 11.1 Å². The van der Waals surface area contributed by atoms with Gasteiger partial charge in [0.25, 0.3) is 0 Å². The number of aromatic nitrogens is 2. The van der Waals surface area contributed by atoms with E-state index in [1.54, 1.807) is 18.6 Å². The number of hydrogen-bond acceptors (Lipinski definition) is 2. The standard InChI is InChI=1S/C18H16ClN3O/c19-17-8-4-5-15(11-17)12-22(23)18(13-21-10-9-20-14-21)16-6-2-1-3-7-16/h1-11,14H,12-13H2. The minimum absolute atomic E-state index is 0.249. The molecule has 0 amide bonds. The highest BCUT2D eigenvalue weighted by Crippen LogP contribution is 2.12. The summed E-state index contributed by atoms with van der Waals surface area (Å²) in [4.78, 5) is 4.04. The van der Waals surface area contributed by atoms with Crippen LogP contribution in [-0.2, 0) is 13.1 Å². The van der Waals surface area contributed by atoms with Gasteiger partial charge in [-0.05, 0) is 24.3 Å². The van der Waals surface area contributed by atoms with Crippen LogP contribution in [0.5, 0.6) is 0 Å².